The normalized spacial score (nSPS) is 21.9. The van der Waals surface area contributed by atoms with Crippen molar-refractivity contribution in [3.05, 3.63) is 40.4 Å². The molecule has 0 aromatic heterocycles. The van der Waals surface area contributed by atoms with Crippen molar-refractivity contribution in [2.24, 2.45) is 0 Å². The van der Waals surface area contributed by atoms with Gasteiger partial charge in [0.2, 0.25) is 5.91 Å². The maximum absolute atomic E-state index is 12.3. The maximum atomic E-state index is 12.3. The van der Waals surface area contributed by atoms with Crippen LogP contribution in [0.15, 0.2) is 34.8 Å². The van der Waals surface area contributed by atoms with Crippen molar-refractivity contribution in [1.29, 1.82) is 0 Å². The van der Waals surface area contributed by atoms with Gasteiger partial charge < -0.3 is 10.0 Å². The summed E-state index contributed by atoms with van der Waals surface area (Å²) in [6.45, 7) is 2.32. The fraction of sp³-hybridized carbons (Fsp3) is 0.375. The number of likely N-dealkylation sites (tertiary alicyclic amines) is 1. The van der Waals surface area contributed by atoms with E-state index in [-0.39, 0.29) is 5.91 Å². The quantitative estimate of drug-likeness (QED) is 0.846. The van der Waals surface area contributed by atoms with Crippen LogP contribution in [0.5, 0.6) is 0 Å². The minimum absolute atomic E-state index is 0.239. The fourth-order valence-corrected chi connectivity index (χ4v) is 3.23. The van der Waals surface area contributed by atoms with Gasteiger partial charge in [-0.3, -0.25) is 4.79 Å². The molecule has 1 aliphatic heterocycles. The van der Waals surface area contributed by atoms with Crippen LogP contribution < -0.4 is 0 Å². The summed E-state index contributed by atoms with van der Waals surface area (Å²) in [5.41, 5.74) is -0.145. The molecule has 0 spiro atoms. The Hall–Kier alpha value is -1.62. The molecule has 2 rings (SSSR count). The number of carboxylic acid groups (broad SMARTS) is 1. The second-order valence-electron chi connectivity index (χ2n) is 5.17. The van der Waals surface area contributed by atoms with E-state index in [2.05, 4.69) is 15.9 Å². The van der Waals surface area contributed by atoms with E-state index < -0.39 is 11.5 Å². The highest BCUT2D eigenvalue weighted by Crippen LogP contribution is 2.33. The number of halogens is 1. The van der Waals surface area contributed by atoms with E-state index >= 15 is 0 Å². The van der Waals surface area contributed by atoms with Crippen LogP contribution >= 0.6 is 15.9 Å². The van der Waals surface area contributed by atoms with E-state index in [0.29, 0.717) is 19.4 Å². The molecule has 1 unspecified atom stereocenters. The monoisotopic (exact) mass is 351 g/mol. The largest absolute Gasteiger partial charge is 0.479 e. The molecular weight excluding hydrogens is 334 g/mol. The number of rotatable bonds is 4. The minimum atomic E-state index is -1.04. The lowest BCUT2D eigenvalue weighted by Gasteiger charge is -2.33. The molecule has 5 heteroatoms. The molecule has 0 bridgehead atoms. The lowest BCUT2D eigenvalue weighted by molar-refractivity contribution is -0.155. The zero-order chi connectivity index (χ0) is 15.5. The summed E-state index contributed by atoms with van der Waals surface area (Å²) in [5.74, 6) is -1.15. The van der Waals surface area contributed by atoms with Crippen LogP contribution in [0.1, 0.15) is 31.7 Å². The SMILES string of the molecule is CCC1(C(=O)O)CCCN1C(=O)/C=C/c1cccc(Br)c1. The lowest BCUT2D eigenvalue weighted by atomic mass is 9.93. The third-order valence-electron chi connectivity index (χ3n) is 4.00. The molecule has 112 valence electrons. The topological polar surface area (TPSA) is 57.6 Å². The standard InChI is InChI=1S/C16H18BrNO3/c1-2-16(15(20)21)9-4-10-18(16)14(19)8-7-12-5-3-6-13(17)11-12/h3,5-8,11H,2,4,9-10H2,1H3,(H,20,21)/b8-7+. The van der Waals surface area contributed by atoms with E-state index in [1.807, 2.05) is 31.2 Å². The Kier molecular flexibility index (Phi) is 4.83. The summed E-state index contributed by atoms with van der Waals surface area (Å²) in [7, 11) is 0. The van der Waals surface area contributed by atoms with Gasteiger partial charge in [-0.2, -0.15) is 0 Å². The van der Waals surface area contributed by atoms with Gasteiger partial charge in [0.1, 0.15) is 5.54 Å². The van der Waals surface area contributed by atoms with Crippen molar-refractivity contribution in [2.75, 3.05) is 6.54 Å². The van der Waals surface area contributed by atoms with Crippen molar-refractivity contribution in [2.45, 2.75) is 31.7 Å². The molecule has 1 fully saturated rings. The number of nitrogens with zero attached hydrogens (tertiary/aromatic N) is 1. The van der Waals surface area contributed by atoms with Gasteiger partial charge in [-0.1, -0.05) is 35.0 Å². The van der Waals surface area contributed by atoms with Crippen molar-refractivity contribution in [3.8, 4) is 0 Å². The molecule has 1 aromatic rings. The first-order chi connectivity index (χ1) is 9.99. The van der Waals surface area contributed by atoms with Gasteiger partial charge in [0.05, 0.1) is 0 Å². The Morgan fingerprint density at radius 1 is 1.48 bits per heavy atom. The summed E-state index contributed by atoms with van der Waals surface area (Å²) >= 11 is 3.38. The van der Waals surface area contributed by atoms with Crippen molar-refractivity contribution < 1.29 is 14.7 Å². The Morgan fingerprint density at radius 3 is 2.86 bits per heavy atom. The summed E-state index contributed by atoms with van der Waals surface area (Å²) in [6, 6.07) is 7.59. The fourth-order valence-electron chi connectivity index (χ4n) is 2.81. The highest BCUT2D eigenvalue weighted by molar-refractivity contribution is 9.10. The molecule has 4 nitrogen and oxygen atoms in total. The maximum Gasteiger partial charge on any atom is 0.329 e. The molecule has 0 radical (unpaired) electrons. The first kappa shape index (κ1) is 15.8. The third kappa shape index (κ3) is 3.18. The number of hydrogen-bond acceptors (Lipinski definition) is 2. The molecule has 1 amide bonds. The van der Waals surface area contributed by atoms with Crippen molar-refractivity contribution >= 4 is 33.9 Å². The summed E-state index contributed by atoms with van der Waals surface area (Å²) in [4.78, 5) is 25.4. The Balaban J connectivity index is 2.18. The highest BCUT2D eigenvalue weighted by atomic mass is 79.9. The number of hydrogen-bond donors (Lipinski definition) is 1. The van der Waals surface area contributed by atoms with Gasteiger partial charge in [0.15, 0.2) is 0 Å². The third-order valence-corrected chi connectivity index (χ3v) is 4.50. The number of carbonyl (C=O) groups is 2. The van der Waals surface area contributed by atoms with Crippen LogP contribution in [-0.2, 0) is 9.59 Å². The second kappa shape index (κ2) is 6.43. The lowest BCUT2D eigenvalue weighted by Crippen LogP contribution is -2.52. The van der Waals surface area contributed by atoms with Gasteiger partial charge in [-0.15, -0.1) is 0 Å². The second-order valence-corrected chi connectivity index (χ2v) is 6.09. The molecule has 1 N–H and O–H groups in total. The average Bonchev–Trinajstić information content (AvgIpc) is 2.90. The molecule has 1 saturated heterocycles. The van der Waals surface area contributed by atoms with Gasteiger partial charge in [0.25, 0.3) is 0 Å². The van der Waals surface area contributed by atoms with Crippen molar-refractivity contribution in [1.82, 2.24) is 4.90 Å². The average molecular weight is 352 g/mol. The molecule has 1 aliphatic rings. The number of carboxylic acids is 1. The van der Waals surface area contributed by atoms with Gasteiger partial charge >= 0.3 is 5.97 Å². The predicted octanol–water partition coefficient (Wildman–Crippen LogP) is 3.32. The van der Waals surface area contributed by atoms with Crippen LogP contribution in [0.4, 0.5) is 0 Å². The minimum Gasteiger partial charge on any atom is -0.479 e. The Labute approximate surface area is 132 Å². The zero-order valence-electron chi connectivity index (χ0n) is 11.9. The highest BCUT2D eigenvalue weighted by Gasteiger charge is 2.47. The van der Waals surface area contributed by atoms with Crippen LogP contribution in [0.2, 0.25) is 0 Å². The first-order valence-electron chi connectivity index (χ1n) is 6.98. The van der Waals surface area contributed by atoms with E-state index in [4.69, 9.17) is 0 Å². The molecule has 1 heterocycles. The van der Waals surface area contributed by atoms with Crippen LogP contribution in [0.25, 0.3) is 6.08 Å². The van der Waals surface area contributed by atoms with E-state index in [9.17, 15) is 14.7 Å². The molecule has 1 atom stereocenters. The number of carbonyl (C=O) groups excluding carboxylic acids is 1. The van der Waals surface area contributed by atoms with Crippen LogP contribution in [0.3, 0.4) is 0 Å². The van der Waals surface area contributed by atoms with Gasteiger partial charge in [-0.05, 0) is 43.0 Å². The summed E-state index contributed by atoms with van der Waals surface area (Å²) < 4.78 is 0.937. The van der Waals surface area contributed by atoms with Crippen LogP contribution in [0, 0.1) is 0 Å². The number of aliphatic carboxylic acids is 1. The molecular formula is C16H18BrNO3. The Bertz CT molecular complexity index is 585. The molecule has 1 aromatic carbocycles. The van der Waals surface area contributed by atoms with E-state index in [1.54, 1.807) is 6.08 Å². The van der Waals surface area contributed by atoms with Crippen molar-refractivity contribution in [3.63, 3.8) is 0 Å². The smallest absolute Gasteiger partial charge is 0.329 e. The summed E-state index contributed by atoms with van der Waals surface area (Å²) in [5, 5.41) is 9.48. The van der Waals surface area contributed by atoms with E-state index in [0.717, 1.165) is 16.5 Å². The van der Waals surface area contributed by atoms with Gasteiger partial charge in [-0.25, -0.2) is 4.79 Å². The van der Waals surface area contributed by atoms with Gasteiger partial charge in [0, 0.05) is 17.1 Å². The molecule has 0 aliphatic carbocycles. The first-order valence-corrected chi connectivity index (χ1v) is 7.77. The summed E-state index contributed by atoms with van der Waals surface area (Å²) in [6.07, 6.45) is 4.86. The number of benzene rings is 1. The predicted molar refractivity (Wildman–Crippen MR) is 84.8 cm³/mol. The van der Waals surface area contributed by atoms with E-state index in [1.165, 1.54) is 11.0 Å². The molecule has 21 heavy (non-hydrogen) atoms. The number of amides is 1. The van der Waals surface area contributed by atoms with Crippen LogP contribution in [-0.4, -0.2) is 34.0 Å². The zero-order valence-corrected chi connectivity index (χ0v) is 13.5. The molecule has 0 saturated carbocycles. The Morgan fingerprint density at radius 2 is 2.24 bits per heavy atom.